The van der Waals surface area contributed by atoms with E-state index < -0.39 is 5.97 Å². The van der Waals surface area contributed by atoms with Gasteiger partial charge in [-0.3, -0.25) is 0 Å². The summed E-state index contributed by atoms with van der Waals surface area (Å²) in [7, 11) is 0. The third-order valence-corrected chi connectivity index (χ3v) is 4.39. The number of benzene rings is 1. The van der Waals surface area contributed by atoms with Crippen molar-refractivity contribution in [3.05, 3.63) is 50.7 Å². The lowest BCUT2D eigenvalue weighted by molar-refractivity contribution is 0.0701. The Morgan fingerprint density at radius 1 is 1.42 bits per heavy atom. The number of nitrogens with zero attached hydrogens (tertiary/aromatic N) is 1. The first-order valence-electron chi connectivity index (χ1n) is 5.86. The summed E-state index contributed by atoms with van der Waals surface area (Å²) in [6.07, 6.45) is 0. The SMILES string of the molecule is Cc1cc(C(C)c2nc(C)c(C(=O)O)s2)ccc1F. The van der Waals surface area contributed by atoms with Crippen LogP contribution in [0.3, 0.4) is 0 Å². The van der Waals surface area contributed by atoms with Crippen LogP contribution < -0.4 is 0 Å². The van der Waals surface area contributed by atoms with Gasteiger partial charge in [-0.1, -0.05) is 19.1 Å². The first kappa shape index (κ1) is 13.7. The number of halogens is 1. The number of carbonyl (C=O) groups is 1. The van der Waals surface area contributed by atoms with E-state index in [0.717, 1.165) is 10.6 Å². The molecule has 1 heterocycles. The molecule has 1 aromatic heterocycles. The normalized spacial score (nSPS) is 12.4. The predicted molar refractivity (Wildman–Crippen MR) is 72.5 cm³/mol. The topological polar surface area (TPSA) is 50.2 Å². The number of thiazole rings is 1. The molecule has 19 heavy (non-hydrogen) atoms. The molecule has 0 aliphatic rings. The second-order valence-corrected chi connectivity index (χ2v) is 5.53. The van der Waals surface area contributed by atoms with Crippen molar-refractivity contribution in [3.63, 3.8) is 0 Å². The summed E-state index contributed by atoms with van der Waals surface area (Å²) in [6, 6.07) is 4.92. The Kier molecular flexibility index (Phi) is 3.66. The quantitative estimate of drug-likeness (QED) is 0.931. The fourth-order valence-electron chi connectivity index (χ4n) is 1.88. The Bertz CT molecular complexity index is 636. The highest BCUT2D eigenvalue weighted by Crippen LogP contribution is 2.30. The molecule has 2 aromatic rings. The molecule has 100 valence electrons. The zero-order chi connectivity index (χ0) is 14.2. The Balaban J connectivity index is 2.38. The number of hydrogen-bond acceptors (Lipinski definition) is 3. The summed E-state index contributed by atoms with van der Waals surface area (Å²) < 4.78 is 13.2. The van der Waals surface area contributed by atoms with Gasteiger partial charge in [0, 0.05) is 5.92 Å². The molecule has 0 radical (unpaired) electrons. The van der Waals surface area contributed by atoms with Gasteiger partial charge in [0.1, 0.15) is 15.7 Å². The van der Waals surface area contributed by atoms with Crippen LogP contribution in [0.2, 0.25) is 0 Å². The van der Waals surface area contributed by atoms with Crippen molar-refractivity contribution < 1.29 is 14.3 Å². The van der Waals surface area contributed by atoms with Gasteiger partial charge in [0.15, 0.2) is 0 Å². The van der Waals surface area contributed by atoms with Gasteiger partial charge < -0.3 is 5.11 Å². The molecule has 1 atom stereocenters. The van der Waals surface area contributed by atoms with Gasteiger partial charge in [-0.05, 0) is 31.0 Å². The molecule has 0 fully saturated rings. The molecule has 3 nitrogen and oxygen atoms in total. The van der Waals surface area contributed by atoms with Crippen LogP contribution in [-0.4, -0.2) is 16.1 Å². The van der Waals surface area contributed by atoms with E-state index in [-0.39, 0.29) is 16.6 Å². The number of carboxylic acids is 1. The number of hydrogen-bond donors (Lipinski definition) is 1. The molecule has 1 N–H and O–H groups in total. The summed E-state index contributed by atoms with van der Waals surface area (Å²) in [6.45, 7) is 5.34. The lowest BCUT2D eigenvalue weighted by Gasteiger charge is -2.09. The summed E-state index contributed by atoms with van der Waals surface area (Å²) >= 11 is 1.18. The number of aryl methyl sites for hydroxylation is 2. The Labute approximate surface area is 114 Å². The number of carboxylic acid groups (broad SMARTS) is 1. The van der Waals surface area contributed by atoms with Crippen LogP contribution in [0.15, 0.2) is 18.2 Å². The average Bonchev–Trinajstić information content (AvgIpc) is 2.74. The zero-order valence-corrected chi connectivity index (χ0v) is 11.7. The van der Waals surface area contributed by atoms with Crippen molar-refractivity contribution >= 4 is 17.3 Å². The molecule has 1 aromatic carbocycles. The highest BCUT2D eigenvalue weighted by molar-refractivity contribution is 7.13. The summed E-state index contributed by atoms with van der Waals surface area (Å²) in [5.74, 6) is -1.24. The van der Waals surface area contributed by atoms with Gasteiger partial charge in [-0.2, -0.15) is 0 Å². The summed E-state index contributed by atoms with van der Waals surface area (Å²) in [4.78, 5) is 15.6. The first-order valence-corrected chi connectivity index (χ1v) is 6.68. The van der Waals surface area contributed by atoms with Crippen molar-refractivity contribution in [2.24, 2.45) is 0 Å². The molecular weight excluding hydrogens is 265 g/mol. The summed E-state index contributed by atoms with van der Waals surface area (Å²) in [5.41, 5.74) is 2.04. The highest BCUT2D eigenvalue weighted by Gasteiger charge is 2.19. The molecule has 0 saturated carbocycles. The third kappa shape index (κ3) is 2.66. The fourth-order valence-corrected chi connectivity index (χ4v) is 2.87. The van der Waals surface area contributed by atoms with E-state index in [4.69, 9.17) is 5.11 Å². The molecular formula is C14H14FNO2S. The van der Waals surface area contributed by atoms with Crippen LogP contribution in [0.5, 0.6) is 0 Å². The maximum atomic E-state index is 13.2. The van der Waals surface area contributed by atoms with Gasteiger partial charge in [0.25, 0.3) is 0 Å². The second-order valence-electron chi connectivity index (χ2n) is 4.50. The molecule has 0 bridgehead atoms. The minimum Gasteiger partial charge on any atom is -0.477 e. The van der Waals surface area contributed by atoms with E-state index in [1.165, 1.54) is 17.4 Å². The van der Waals surface area contributed by atoms with Crippen molar-refractivity contribution in [1.29, 1.82) is 0 Å². The highest BCUT2D eigenvalue weighted by atomic mass is 32.1. The lowest BCUT2D eigenvalue weighted by Crippen LogP contribution is -1.97. The smallest absolute Gasteiger partial charge is 0.347 e. The van der Waals surface area contributed by atoms with Crippen LogP contribution >= 0.6 is 11.3 Å². The molecule has 5 heteroatoms. The Morgan fingerprint density at radius 3 is 2.63 bits per heavy atom. The summed E-state index contributed by atoms with van der Waals surface area (Å²) in [5, 5.41) is 9.77. The maximum absolute atomic E-state index is 13.2. The van der Waals surface area contributed by atoms with E-state index in [2.05, 4.69) is 4.98 Å². The largest absolute Gasteiger partial charge is 0.477 e. The molecule has 0 spiro atoms. The number of aromatic nitrogens is 1. The number of aromatic carboxylic acids is 1. The minimum atomic E-state index is -0.955. The molecule has 0 aliphatic heterocycles. The van der Waals surface area contributed by atoms with E-state index in [0.29, 0.717) is 11.3 Å². The van der Waals surface area contributed by atoms with Crippen molar-refractivity contribution in [3.8, 4) is 0 Å². The predicted octanol–water partition coefficient (Wildman–Crippen LogP) is 3.75. The van der Waals surface area contributed by atoms with Crippen molar-refractivity contribution in [2.45, 2.75) is 26.7 Å². The monoisotopic (exact) mass is 279 g/mol. The van der Waals surface area contributed by atoms with E-state index in [1.54, 1.807) is 26.0 Å². The standard InChI is InChI=1S/C14H14FNO2S/c1-7-6-10(4-5-11(7)15)8(2)13-16-9(3)12(19-13)14(17)18/h4-6,8H,1-3H3,(H,17,18). The molecule has 2 rings (SSSR count). The van der Waals surface area contributed by atoms with Gasteiger partial charge >= 0.3 is 5.97 Å². The lowest BCUT2D eigenvalue weighted by atomic mass is 10.00. The first-order chi connectivity index (χ1) is 8.90. The van der Waals surface area contributed by atoms with E-state index in [1.807, 2.05) is 6.92 Å². The van der Waals surface area contributed by atoms with Gasteiger partial charge in [-0.15, -0.1) is 11.3 Å². The van der Waals surface area contributed by atoms with Crippen LogP contribution in [0.25, 0.3) is 0 Å². The number of rotatable bonds is 3. The minimum absolute atomic E-state index is 0.0453. The fraction of sp³-hybridized carbons (Fsp3) is 0.286. The average molecular weight is 279 g/mol. The zero-order valence-electron chi connectivity index (χ0n) is 10.9. The van der Waals surface area contributed by atoms with Crippen LogP contribution in [-0.2, 0) is 0 Å². The Morgan fingerprint density at radius 2 is 2.11 bits per heavy atom. The van der Waals surface area contributed by atoms with Crippen molar-refractivity contribution in [1.82, 2.24) is 4.98 Å². The van der Waals surface area contributed by atoms with Crippen LogP contribution in [0.1, 0.15) is 44.3 Å². The second kappa shape index (κ2) is 5.09. The molecule has 0 amide bonds. The molecule has 1 unspecified atom stereocenters. The van der Waals surface area contributed by atoms with Gasteiger partial charge in [-0.25, -0.2) is 14.2 Å². The van der Waals surface area contributed by atoms with Crippen LogP contribution in [0.4, 0.5) is 4.39 Å². The van der Waals surface area contributed by atoms with Crippen LogP contribution in [0, 0.1) is 19.7 Å². The van der Waals surface area contributed by atoms with E-state index in [9.17, 15) is 9.18 Å². The Hall–Kier alpha value is -1.75. The third-order valence-electron chi connectivity index (χ3n) is 3.06. The maximum Gasteiger partial charge on any atom is 0.347 e. The van der Waals surface area contributed by atoms with E-state index >= 15 is 0 Å². The van der Waals surface area contributed by atoms with Gasteiger partial charge in [0.2, 0.25) is 0 Å². The molecule has 0 aliphatic carbocycles. The molecule has 0 saturated heterocycles. The van der Waals surface area contributed by atoms with Crippen molar-refractivity contribution in [2.75, 3.05) is 0 Å². The van der Waals surface area contributed by atoms with Gasteiger partial charge in [0.05, 0.1) is 5.69 Å².